The second kappa shape index (κ2) is 7.91. The fraction of sp³-hybridized carbons (Fsp3) is 0.200. The number of aromatic nitrogens is 5. The Kier molecular flexibility index (Phi) is 5.41. The van der Waals surface area contributed by atoms with Crippen LogP contribution in [0, 0.1) is 5.82 Å². The van der Waals surface area contributed by atoms with Crippen LogP contribution in [0.25, 0.3) is 5.82 Å². The molecule has 0 aliphatic heterocycles. The molecule has 0 bridgehead atoms. The van der Waals surface area contributed by atoms with Crippen molar-refractivity contribution in [1.82, 2.24) is 30.7 Å². The van der Waals surface area contributed by atoms with Crippen LogP contribution in [-0.4, -0.2) is 37.4 Å². The van der Waals surface area contributed by atoms with E-state index in [9.17, 15) is 9.18 Å². The van der Waals surface area contributed by atoms with E-state index in [4.69, 9.17) is 17.3 Å². The van der Waals surface area contributed by atoms with Gasteiger partial charge in [0, 0.05) is 5.56 Å². The van der Waals surface area contributed by atoms with Crippen molar-refractivity contribution >= 4 is 29.5 Å². The van der Waals surface area contributed by atoms with Gasteiger partial charge >= 0.3 is 0 Å². The van der Waals surface area contributed by atoms with Gasteiger partial charge in [-0.25, -0.2) is 14.4 Å². The van der Waals surface area contributed by atoms with Crippen molar-refractivity contribution in [2.75, 3.05) is 5.73 Å². The molecule has 2 heterocycles. The molecule has 2 aromatic heterocycles. The fourth-order valence-corrected chi connectivity index (χ4v) is 2.50. The minimum absolute atomic E-state index is 0.0106. The largest absolute Gasteiger partial charge is 0.378 e. The van der Waals surface area contributed by atoms with Gasteiger partial charge < -0.3 is 5.73 Å². The van der Waals surface area contributed by atoms with Gasteiger partial charge in [-0.2, -0.15) is 9.78 Å². The van der Waals surface area contributed by atoms with Crippen LogP contribution in [0.3, 0.4) is 0 Å². The monoisotopic (exact) mass is 392 g/mol. The Balaban J connectivity index is 1.84. The Morgan fingerprint density at radius 3 is 2.96 bits per heavy atom. The molecule has 0 spiro atoms. The van der Waals surface area contributed by atoms with Gasteiger partial charge in [-0.1, -0.05) is 36.2 Å². The molecule has 3 rings (SSSR count). The molecule has 0 aliphatic carbocycles. The molecule has 10 nitrogen and oxygen atoms in total. The predicted molar refractivity (Wildman–Crippen MR) is 94.1 cm³/mol. The number of anilines is 1. The van der Waals surface area contributed by atoms with E-state index in [0.717, 1.165) is 6.21 Å². The SMILES string of the molecule is CCCc1c(C(=O)N/N=C/c2c(F)cccc2Cl)nnn1-c1nonc1N. The number of nitrogens with one attached hydrogen (secondary N) is 1. The molecule has 1 aromatic carbocycles. The van der Waals surface area contributed by atoms with Crippen molar-refractivity contribution in [3.63, 3.8) is 0 Å². The molecule has 3 N–H and O–H groups in total. The first-order chi connectivity index (χ1) is 13.0. The van der Waals surface area contributed by atoms with Crippen LogP contribution >= 0.6 is 11.6 Å². The maximum absolute atomic E-state index is 13.7. The number of rotatable bonds is 6. The Morgan fingerprint density at radius 2 is 2.30 bits per heavy atom. The van der Waals surface area contributed by atoms with Crippen molar-refractivity contribution in [2.24, 2.45) is 5.10 Å². The summed E-state index contributed by atoms with van der Waals surface area (Å²) in [6.45, 7) is 1.92. The summed E-state index contributed by atoms with van der Waals surface area (Å²) in [6, 6.07) is 4.21. The number of hydrazone groups is 1. The minimum Gasteiger partial charge on any atom is -0.378 e. The van der Waals surface area contributed by atoms with Crippen molar-refractivity contribution in [1.29, 1.82) is 0 Å². The predicted octanol–water partition coefficient (Wildman–Crippen LogP) is 1.74. The summed E-state index contributed by atoms with van der Waals surface area (Å²) >= 11 is 5.90. The molecule has 0 saturated heterocycles. The molecule has 3 aromatic rings. The topological polar surface area (TPSA) is 137 Å². The summed E-state index contributed by atoms with van der Waals surface area (Å²) in [5.74, 6) is -1.06. The lowest BCUT2D eigenvalue weighted by atomic mass is 10.2. The molecule has 1 amide bonds. The number of nitrogen functional groups attached to an aromatic ring is 1. The summed E-state index contributed by atoms with van der Waals surface area (Å²) in [7, 11) is 0. The van der Waals surface area contributed by atoms with E-state index in [1.165, 1.54) is 22.9 Å². The molecular weight excluding hydrogens is 379 g/mol. The maximum Gasteiger partial charge on any atom is 0.293 e. The number of carbonyl (C=O) groups is 1. The number of hydrogen-bond donors (Lipinski definition) is 2. The molecule has 12 heteroatoms. The van der Waals surface area contributed by atoms with E-state index in [2.05, 4.69) is 35.8 Å². The van der Waals surface area contributed by atoms with E-state index in [1.54, 1.807) is 0 Å². The van der Waals surface area contributed by atoms with Gasteiger partial charge in [0.25, 0.3) is 5.91 Å². The first-order valence-corrected chi connectivity index (χ1v) is 8.21. The normalized spacial score (nSPS) is 11.2. The number of amides is 1. The first kappa shape index (κ1) is 18.5. The Labute approximate surface area is 157 Å². The van der Waals surface area contributed by atoms with Gasteiger partial charge in [0.05, 0.1) is 16.9 Å². The highest BCUT2D eigenvalue weighted by Gasteiger charge is 2.23. The highest BCUT2D eigenvalue weighted by atomic mass is 35.5. The summed E-state index contributed by atoms with van der Waals surface area (Å²) in [6.07, 6.45) is 2.27. The molecule has 0 fully saturated rings. The molecule has 0 radical (unpaired) electrons. The zero-order valence-corrected chi connectivity index (χ0v) is 14.8. The average molecular weight is 393 g/mol. The van der Waals surface area contributed by atoms with Crippen molar-refractivity contribution in [2.45, 2.75) is 19.8 Å². The highest BCUT2D eigenvalue weighted by Crippen LogP contribution is 2.18. The van der Waals surface area contributed by atoms with Gasteiger partial charge in [-0.05, 0) is 28.9 Å². The van der Waals surface area contributed by atoms with Crippen LogP contribution in [0.2, 0.25) is 5.02 Å². The molecule has 0 aliphatic rings. The second-order valence-corrected chi connectivity index (χ2v) is 5.76. The number of carbonyl (C=O) groups excluding carboxylic acids is 1. The third kappa shape index (κ3) is 3.77. The Bertz CT molecular complexity index is 979. The Morgan fingerprint density at radius 1 is 1.48 bits per heavy atom. The molecule has 0 atom stereocenters. The van der Waals surface area contributed by atoms with E-state index < -0.39 is 11.7 Å². The average Bonchev–Trinajstić information content (AvgIpc) is 3.23. The van der Waals surface area contributed by atoms with Crippen LogP contribution < -0.4 is 11.2 Å². The van der Waals surface area contributed by atoms with Gasteiger partial charge in [0.15, 0.2) is 5.69 Å². The van der Waals surface area contributed by atoms with Crippen molar-refractivity contribution in [3.05, 3.63) is 46.0 Å². The standard InChI is InChI=1S/C15H14ClFN8O2/c1-2-4-11-12(20-24-25(11)14-13(18)22-27-23-14)15(26)21-19-7-8-9(16)5-3-6-10(8)17/h3,5-7H,2,4H2,1H3,(H2,18,22)(H,21,26)/b19-7+. The first-order valence-electron chi connectivity index (χ1n) is 7.83. The summed E-state index contributed by atoms with van der Waals surface area (Å²) < 4.78 is 19.5. The number of halogens is 2. The Hall–Kier alpha value is -3.34. The molecular formula is C15H14ClFN8O2. The lowest BCUT2D eigenvalue weighted by Gasteiger charge is -2.04. The molecule has 0 unspecified atom stereocenters. The third-order valence-electron chi connectivity index (χ3n) is 3.52. The van der Waals surface area contributed by atoms with Gasteiger partial charge in [0.1, 0.15) is 5.82 Å². The minimum atomic E-state index is -0.636. The van der Waals surface area contributed by atoms with E-state index in [-0.39, 0.29) is 27.9 Å². The molecule has 27 heavy (non-hydrogen) atoms. The van der Waals surface area contributed by atoms with E-state index in [1.807, 2.05) is 6.92 Å². The van der Waals surface area contributed by atoms with Crippen molar-refractivity contribution < 1.29 is 13.8 Å². The number of nitrogens with two attached hydrogens (primary N) is 1. The van der Waals surface area contributed by atoms with Crippen molar-refractivity contribution in [3.8, 4) is 5.82 Å². The molecule has 140 valence electrons. The van der Waals surface area contributed by atoms with Crippen LogP contribution in [0.1, 0.15) is 35.1 Å². The van der Waals surface area contributed by atoms with E-state index >= 15 is 0 Å². The third-order valence-corrected chi connectivity index (χ3v) is 3.85. The summed E-state index contributed by atoms with van der Waals surface area (Å²) in [5, 5.41) is 18.8. The zero-order chi connectivity index (χ0) is 19.4. The van der Waals surface area contributed by atoms with E-state index in [0.29, 0.717) is 18.5 Å². The molecule has 0 saturated carbocycles. The summed E-state index contributed by atoms with van der Waals surface area (Å²) in [5.41, 5.74) is 8.47. The van der Waals surface area contributed by atoms with Crippen LogP contribution in [0.5, 0.6) is 0 Å². The van der Waals surface area contributed by atoms with Crippen LogP contribution in [0.15, 0.2) is 27.9 Å². The number of nitrogens with zero attached hydrogens (tertiary/aromatic N) is 6. The lowest BCUT2D eigenvalue weighted by Crippen LogP contribution is -2.20. The van der Waals surface area contributed by atoms with Gasteiger partial charge in [0.2, 0.25) is 11.6 Å². The van der Waals surface area contributed by atoms with Crippen LogP contribution in [-0.2, 0) is 6.42 Å². The lowest BCUT2D eigenvalue weighted by molar-refractivity contribution is 0.0949. The zero-order valence-electron chi connectivity index (χ0n) is 14.1. The number of benzene rings is 1. The second-order valence-electron chi connectivity index (χ2n) is 5.35. The highest BCUT2D eigenvalue weighted by molar-refractivity contribution is 6.33. The maximum atomic E-state index is 13.7. The summed E-state index contributed by atoms with van der Waals surface area (Å²) in [4.78, 5) is 12.4. The smallest absolute Gasteiger partial charge is 0.293 e. The van der Waals surface area contributed by atoms with Crippen LogP contribution in [0.4, 0.5) is 10.2 Å². The quantitative estimate of drug-likeness (QED) is 0.481. The van der Waals surface area contributed by atoms with Gasteiger partial charge in [-0.15, -0.1) is 5.10 Å². The van der Waals surface area contributed by atoms with Gasteiger partial charge in [-0.3, -0.25) is 4.79 Å². The fourth-order valence-electron chi connectivity index (χ4n) is 2.29. The number of hydrogen-bond acceptors (Lipinski definition) is 8.